The van der Waals surface area contributed by atoms with Crippen molar-refractivity contribution in [2.75, 3.05) is 6.54 Å². The number of carboxylic acids is 3. The summed E-state index contributed by atoms with van der Waals surface area (Å²) in [5.41, 5.74) is 0. The minimum atomic E-state index is -1.38. The summed E-state index contributed by atoms with van der Waals surface area (Å²) in [5.74, 6) is -3.69. The first-order valence-corrected chi connectivity index (χ1v) is 16.9. The summed E-state index contributed by atoms with van der Waals surface area (Å²) in [6, 6.07) is -3.44. The Morgan fingerprint density at radius 2 is 0.902 bits per heavy atom. The third kappa shape index (κ3) is 15.2. The van der Waals surface area contributed by atoms with Crippen molar-refractivity contribution in [1.82, 2.24) is 0 Å². The molecule has 0 amide bonds. The van der Waals surface area contributed by atoms with Crippen LogP contribution in [0.1, 0.15) is 163 Å². The monoisotopic (exact) mass is 581 g/mol. The quantitative estimate of drug-likeness (QED) is 0.0532. The normalized spacial score (nSPS) is 15.4. The average Bonchev–Trinajstić information content (AvgIpc) is 2.92. The second-order valence-electron chi connectivity index (χ2n) is 11.8. The molecule has 0 spiro atoms. The fraction of sp³-hybridized carbons (Fsp3) is 0.853. The Balaban J connectivity index is 4.49. The van der Waals surface area contributed by atoms with Crippen LogP contribution in [0.4, 0.5) is 0 Å². The van der Waals surface area contributed by atoms with Crippen molar-refractivity contribution >= 4 is 17.9 Å². The summed E-state index contributed by atoms with van der Waals surface area (Å²) >= 11 is 0. The number of allylic oxidation sites excluding steroid dienone is 2. The Morgan fingerprint density at radius 3 is 1.22 bits per heavy atom. The number of quaternary nitrogens is 1. The summed E-state index contributed by atoms with van der Waals surface area (Å²) in [6.45, 7) is 7.46. The van der Waals surface area contributed by atoms with E-state index in [9.17, 15) is 29.7 Å². The van der Waals surface area contributed by atoms with Crippen molar-refractivity contribution in [2.24, 2.45) is 0 Å². The molecule has 0 aliphatic carbocycles. The highest BCUT2D eigenvalue weighted by Gasteiger charge is 2.53. The molecule has 7 nitrogen and oxygen atoms in total. The topological polar surface area (TPSA) is 115 Å². The van der Waals surface area contributed by atoms with Crippen LogP contribution in [0.15, 0.2) is 12.2 Å². The number of unbranched alkanes of at least 4 members (excludes halogenated alkanes) is 16. The predicted octanol–water partition coefficient (Wildman–Crippen LogP) is 7.66. The molecule has 0 aliphatic heterocycles. The summed E-state index contributed by atoms with van der Waals surface area (Å²) in [4.78, 5) is 36.6. The fourth-order valence-corrected chi connectivity index (χ4v) is 6.61. The van der Waals surface area contributed by atoms with Crippen LogP contribution in [0.5, 0.6) is 0 Å². The van der Waals surface area contributed by atoms with Gasteiger partial charge in [0.15, 0.2) is 12.1 Å². The molecule has 0 aliphatic rings. The zero-order valence-electron chi connectivity index (χ0n) is 26.9. The molecule has 240 valence electrons. The van der Waals surface area contributed by atoms with E-state index in [0.717, 1.165) is 12.8 Å². The lowest BCUT2D eigenvalue weighted by molar-refractivity contribution is -0.974. The molecule has 0 saturated carbocycles. The Bertz CT molecular complexity index is 667. The van der Waals surface area contributed by atoms with E-state index in [0.29, 0.717) is 12.8 Å². The van der Waals surface area contributed by atoms with Crippen molar-refractivity contribution in [1.29, 1.82) is 0 Å². The summed E-state index contributed by atoms with van der Waals surface area (Å²) in [5, 5.41) is 32.1. The highest BCUT2D eigenvalue weighted by molar-refractivity contribution is 5.77. The molecule has 0 radical (unpaired) electrons. The Kier molecular flexibility index (Phi) is 23.5. The van der Waals surface area contributed by atoms with E-state index in [1.54, 1.807) is 20.8 Å². The maximum absolute atomic E-state index is 12.2. The number of nitrogens with zero attached hydrogens (tertiary/aromatic N) is 1. The highest BCUT2D eigenvalue weighted by Crippen LogP contribution is 2.32. The van der Waals surface area contributed by atoms with Crippen LogP contribution in [0.25, 0.3) is 0 Å². The number of rotatable bonds is 29. The first-order chi connectivity index (χ1) is 19.7. The van der Waals surface area contributed by atoms with Gasteiger partial charge in [0.1, 0.15) is 6.04 Å². The van der Waals surface area contributed by atoms with E-state index >= 15 is 0 Å². The highest BCUT2D eigenvalue weighted by atomic mass is 16.4. The van der Waals surface area contributed by atoms with Crippen LogP contribution in [0, 0.1) is 0 Å². The van der Waals surface area contributed by atoms with E-state index in [-0.39, 0.29) is 25.8 Å². The Morgan fingerprint density at radius 1 is 0.561 bits per heavy atom. The number of hydrogen-bond acceptors (Lipinski definition) is 4. The lowest BCUT2D eigenvalue weighted by atomic mass is 9.94. The van der Waals surface area contributed by atoms with Gasteiger partial charge >= 0.3 is 11.9 Å². The minimum Gasteiger partial charge on any atom is -0.544 e. The standard InChI is InChI=1S/C34H63NO6/c1-5-9-10-11-12-13-14-15-16-17-18-19-20-21-22-23-24-25-26-27-28-35(29(6-2)32(36)37,30(7-3)33(38)39)31(8-4)34(40)41/h24-25,29-31H,5-23,26-28H2,1-4H3,(H2-,36,37,38,39,40,41)/b25-24+. The molecule has 0 fully saturated rings. The van der Waals surface area contributed by atoms with Crippen LogP contribution < -0.4 is 5.11 Å². The molecule has 0 rings (SSSR count). The van der Waals surface area contributed by atoms with E-state index in [1.165, 1.54) is 89.9 Å². The Hall–Kier alpha value is -1.89. The molecule has 2 N–H and O–H groups in total. The van der Waals surface area contributed by atoms with Gasteiger partial charge < -0.3 is 20.1 Å². The van der Waals surface area contributed by atoms with Gasteiger partial charge in [0, 0.05) is 25.7 Å². The Labute approximate surface area is 251 Å². The molecular weight excluding hydrogens is 518 g/mol. The lowest BCUT2D eigenvalue weighted by Crippen LogP contribution is -2.73. The third-order valence-corrected chi connectivity index (χ3v) is 8.80. The second kappa shape index (κ2) is 24.7. The molecule has 41 heavy (non-hydrogen) atoms. The van der Waals surface area contributed by atoms with E-state index in [4.69, 9.17) is 0 Å². The summed E-state index contributed by atoms with van der Waals surface area (Å²) in [6.07, 6.45) is 26.9. The van der Waals surface area contributed by atoms with Crippen molar-refractivity contribution in [2.45, 2.75) is 181 Å². The SMILES string of the molecule is CCCCCCCCCCCCCCCCC/C=C/CCC[N+](C(CC)C(=O)[O-])(C(CC)C(=O)O)C(CC)C(=O)O. The second-order valence-corrected chi connectivity index (χ2v) is 11.8. The van der Waals surface area contributed by atoms with E-state index in [2.05, 4.69) is 19.1 Å². The van der Waals surface area contributed by atoms with Crippen molar-refractivity contribution in [3.05, 3.63) is 12.2 Å². The molecule has 0 heterocycles. The third-order valence-electron chi connectivity index (χ3n) is 8.80. The van der Waals surface area contributed by atoms with E-state index in [1.807, 2.05) is 0 Å². The summed E-state index contributed by atoms with van der Waals surface area (Å²) < 4.78 is -0.497. The average molecular weight is 582 g/mol. The van der Waals surface area contributed by atoms with Crippen LogP contribution in [-0.4, -0.2) is 57.3 Å². The first kappa shape index (κ1) is 39.1. The maximum atomic E-state index is 12.2. The van der Waals surface area contributed by atoms with Crippen molar-refractivity contribution in [3.8, 4) is 0 Å². The van der Waals surface area contributed by atoms with Gasteiger partial charge in [0.05, 0.1) is 12.5 Å². The van der Waals surface area contributed by atoms with Crippen LogP contribution in [0.2, 0.25) is 0 Å². The molecule has 0 aromatic carbocycles. The number of carbonyl (C=O) groups is 3. The number of hydrogen-bond donors (Lipinski definition) is 2. The van der Waals surface area contributed by atoms with Gasteiger partial charge in [-0.2, -0.15) is 0 Å². The predicted molar refractivity (Wildman–Crippen MR) is 166 cm³/mol. The van der Waals surface area contributed by atoms with Gasteiger partial charge in [-0.3, -0.25) is 4.48 Å². The fourth-order valence-electron chi connectivity index (χ4n) is 6.61. The molecular formula is C34H63NO6. The smallest absolute Gasteiger partial charge is 0.362 e. The summed E-state index contributed by atoms with van der Waals surface area (Å²) in [7, 11) is 0. The zero-order chi connectivity index (χ0) is 30.9. The van der Waals surface area contributed by atoms with Crippen LogP contribution in [0.3, 0.4) is 0 Å². The number of aliphatic carboxylic acids is 3. The number of carbonyl (C=O) groups excluding carboxylic acids is 1. The minimum absolute atomic E-state index is 0.116. The van der Waals surface area contributed by atoms with E-state index < -0.39 is 40.5 Å². The largest absolute Gasteiger partial charge is 0.544 e. The van der Waals surface area contributed by atoms with Gasteiger partial charge in [0.25, 0.3) is 0 Å². The van der Waals surface area contributed by atoms with Gasteiger partial charge in [-0.1, -0.05) is 130 Å². The zero-order valence-corrected chi connectivity index (χ0v) is 26.9. The van der Waals surface area contributed by atoms with Crippen LogP contribution >= 0.6 is 0 Å². The first-order valence-electron chi connectivity index (χ1n) is 16.9. The molecule has 0 aromatic heterocycles. The molecule has 7 heteroatoms. The van der Waals surface area contributed by atoms with Gasteiger partial charge in [-0.05, 0) is 19.3 Å². The van der Waals surface area contributed by atoms with Crippen molar-refractivity contribution in [3.63, 3.8) is 0 Å². The molecule has 0 aromatic rings. The molecule has 0 bridgehead atoms. The van der Waals surface area contributed by atoms with Crippen LogP contribution in [-0.2, 0) is 14.4 Å². The number of carboxylic acid groups (broad SMARTS) is 3. The van der Waals surface area contributed by atoms with Gasteiger partial charge in [-0.25, -0.2) is 9.59 Å². The maximum Gasteiger partial charge on any atom is 0.362 e. The lowest BCUT2D eigenvalue weighted by Gasteiger charge is -2.51. The molecule has 3 unspecified atom stereocenters. The van der Waals surface area contributed by atoms with Gasteiger partial charge in [-0.15, -0.1) is 0 Å². The van der Waals surface area contributed by atoms with Crippen molar-refractivity contribution < 1.29 is 34.2 Å². The molecule has 0 saturated heterocycles. The molecule has 3 atom stereocenters. The van der Waals surface area contributed by atoms with Gasteiger partial charge in [0.2, 0.25) is 0 Å².